The van der Waals surface area contributed by atoms with Gasteiger partial charge in [-0.2, -0.15) is 0 Å². The third-order valence-corrected chi connectivity index (χ3v) is 4.06. The Balaban J connectivity index is 1.71. The second-order valence-electron chi connectivity index (χ2n) is 4.32. The van der Waals surface area contributed by atoms with E-state index in [2.05, 4.69) is 5.32 Å². The molecule has 20 heavy (non-hydrogen) atoms. The molecular formula is C12H12N2O5S. The molecule has 3 rings (SSSR count). The van der Waals surface area contributed by atoms with Crippen molar-refractivity contribution in [3.05, 3.63) is 18.2 Å². The Bertz CT molecular complexity index is 565. The van der Waals surface area contributed by atoms with E-state index in [4.69, 9.17) is 14.6 Å². The maximum atomic E-state index is 12.1. The first-order valence-electron chi connectivity index (χ1n) is 5.93. The smallest absolute Gasteiger partial charge is 0.327 e. The fraction of sp³-hybridized carbons (Fsp3) is 0.333. The van der Waals surface area contributed by atoms with Crippen LogP contribution < -0.4 is 14.8 Å². The van der Waals surface area contributed by atoms with Gasteiger partial charge in [-0.3, -0.25) is 0 Å². The van der Waals surface area contributed by atoms with Gasteiger partial charge >= 0.3 is 12.0 Å². The van der Waals surface area contributed by atoms with Crippen LogP contribution in [0.25, 0.3) is 0 Å². The van der Waals surface area contributed by atoms with Crippen LogP contribution in [0.15, 0.2) is 18.2 Å². The Kier molecular flexibility index (Phi) is 3.31. The summed E-state index contributed by atoms with van der Waals surface area (Å²) in [5.74, 6) is 0.976. The van der Waals surface area contributed by atoms with Crippen LogP contribution in [0.3, 0.4) is 0 Å². The van der Waals surface area contributed by atoms with Crippen molar-refractivity contribution in [3.63, 3.8) is 0 Å². The number of urea groups is 1. The van der Waals surface area contributed by atoms with Crippen molar-refractivity contribution < 1.29 is 24.2 Å². The van der Waals surface area contributed by atoms with Crippen molar-refractivity contribution in [1.82, 2.24) is 4.90 Å². The van der Waals surface area contributed by atoms with Crippen molar-refractivity contribution in [2.45, 2.75) is 6.04 Å². The molecule has 7 nitrogen and oxygen atoms in total. The molecule has 0 bridgehead atoms. The zero-order chi connectivity index (χ0) is 14.1. The molecule has 0 saturated carbocycles. The highest BCUT2D eigenvalue weighted by atomic mass is 32.2. The third-order valence-electron chi connectivity index (χ3n) is 3.05. The lowest BCUT2D eigenvalue weighted by Crippen LogP contribution is -2.43. The highest BCUT2D eigenvalue weighted by molar-refractivity contribution is 7.99. The molecular weight excluding hydrogens is 284 g/mol. The maximum absolute atomic E-state index is 12.1. The predicted octanol–water partition coefficient (Wildman–Crippen LogP) is 1.41. The van der Waals surface area contributed by atoms with E-state index in [1.165, 1.54) is 16.7 Å². The molecule has 2 amide bonds. The van der Waals surface area contributed by atoms with Gasteiger partial charge in [0.2, 0.25) is 6.79 Å². The number of carboxylic acids is 1. The molecule has 2 aliphatic rings. The van der Waals surface area contributed by atoms with Crippen LogP contribution in [0.1, 0.15) is 0 Å². The number of thioether (sulfide) groups is 1. The molecule has 1 aromatic rings. The van der Waals surface area contributed by atoms with Gasteiger partial charge in [0.25, 0.3) is 0 Å². The Hall–Kier alpha value is -2.09. The number of ether oxygens (including phenoxy) is 2. The van der Waals surface area contributed by atoms with E-state index >= 15 is 0 Å². The summed E-state index contributed by atoms with van der Waals surface area (Å²) in [4.78, 5) is 24.4. The lowest BCUT2D eigenvalue weighted by Gasteiger charge is -2.20. The first-order valence-corrected chi connectivity index (χ1v) is 7.08. The highest BCUT2D eigenvalue weighted by Gasteiger charge is 2.34. The lowest BCUT2D eigenvalue weighted by atomic mass is 10.2. The zero-order valence-corrected chi connectivity index (χ0v) is 11.2. The lowest BCUT2D eigenvalue weighted by molar-refractivity contribution is -0.140. The first kappa shape index (κ1) is 12.9. The second kappa shape index (κ2) is 5.12. The summed E-state index contributed by atoms with van der Waals surface area (Å²) in [6.45, 7) is 0.163. The van der Waals surface area contributed by atoms with Crippen molar-refractivity contribution in [2.24, 2.45) is 0 Å². The van der Waals surface area contributed by atoms with E-state index in [1.807, 2.05) is 0 Å². The Morgan fingerprint density at radius 2 is 2.15 bits per heavy atom. The number of benzene rings is 1. The second-order valence-corrected chi connectivity index (χ2v) is 5.32. The molecule has 2 heterocycles. The molecule has 0 spiro atoms. The minimum atomic E-state index is -0.990. The van der Waals surface area contributed by atoms with Crippen molar-refractivity contribution >= 4 is 29.4 Å². The SMILES string of the molecule is O=C(O)C1CSCN1C(=O)Nc1ccc2c(c1)OCO2. The normalized spacial score (nSPS) is 20.0. The number of hydrogen-bond donors (Lipinski definition) is 2. The third kappa shape index (κ3) is 2.34. The Morgan fingerprint density at radius 3 is 2.95 bits per heavy atom. The van der Waals surface area contributed by atoms with Gasteiger partial charge in [0.1, 0.15) is 6.04 Å². The molecule has 2 aliphatic heterocycles. The standard InChI is InChI=1S/C12H12N2O5S/c15-11(16)8-4-20-5-14(8)12(17)13-7-1-2-9-10(3-7)19-6-18-9/h1-3,8H,4-6H2,(H,13,17)(H,15,16). The number of fused-ring (bicyclic) bond motifs is 1. The molecule has 106 valence electrons. The summed E-state index contributed by atoms with van der Waals surface area (Å²) >= 11 is 1.42. The molecule has 1 aromatic carbocycles. The fourth-order valence-electron chi connectivity index (χ4n) is 2.02. The van der Waals surface area contributed by atoms with Crippen LogP contribution in [0.2, 0.25) is 0 Å². The number of carboxylic acid groups (broad SMARTS) is 1. The van der Waals surface area contributed by atoms with Crippen LogP contribution in [0.5, 0.6) is 11.5 Å². The number of aliphatic carboxylic acids is 1. The minimum Gasteiger partial charge on any atom is -0.480 e. The number of nitrogens with zero attached hydrogens (tertiary/aromatic N) is 1. The molecule has 0 aromatic heterocycles. The first-order chi connectivity index (χ1) is 9.65. The van der Waals surface area contributed by atoms with Crippen molar-refractivity contribution in [2.75, 3.05) is 23.7 Å². The number of amides is 2. The van der Waals surface area contributed by atoms with Crippen molar-refractivity contribution in [1.29, 1.82) is 0 Å². The van der Waals surface area contributed by atoms with Gasteiger partial charge in [-0.15, -0.1) is 11.8 Å². The molecule has 8 heteroatoms. The molecule has 0 radical (unpaired) electrons. The van der Waals surface area contributed by atoms with E-state index in [1.54, 1.807) is 18.2 Å². The summed E-state index contributed by atoms with van der Waals surface area (Å²) in [6.07, 6.45) is 0. The summed E-state index contributed by atoms with van der Waals surface area (Å²) in [6, 6.07) is 3.82. The van der Waals surface area contributed by atoms with Crippen LogP contribution in [0.4, 0.5) is 10.5 Å². The van der Waals surface area contributed by atoms with E-state index in [0.717, 1.165) is 0 Å². The number of carbonyl (C=O) groups excluding carboxylic acids is 1. The van der Waals surface area contributed by atoms with Crippen LogP contribution in [-0.2, 0) is 4.79 Å². The van der Waals surface area contributed by atoms with Gasteiger partial charge in [0, 0.05) is 17.5 Å². The maximum Gasteiger partial charge on any atom is 0.327 e. The Labute approximate surface area is 118 Å². The van der Waals surface area contributed by atoms with Gasteiger partial charge in [-0.05, 0) is 12.1 Å². The van der Waals surface area contributed by atoms with Crippen LogP contribution in [-0.4, -0.2) is 46.5 Å². The predicted molar refractivity (Wildman–Crippen MR) is 72.2 cm³/mol. The molecule has 2 N–H and O–H groups in total. The van der Waals surface area contributed by atoms with E-state index in [9.17, 15) is 9.59 Å². The van der Waals surface area contributed by atoms with E-state index in [0.29, 0.717) is 28.8 Å². The van der Waals surface area contributed by atoms with Crippen LogP contribution in [0, 0.1) is 0 Å². The van der Waals surface area contributed by atoms with E-state index in [-0.39, 0.29) is 6.79 Å². The summed E-state index contributed by atoms with van der Waals surface area (Å²) in [5.41, 5.74) is 0.542. The molecule has 1 fully saturated rings. The van der Waals surface area contributed by atoms with Gasteiger partial charge in [0.15, 0.2) is 11.5 Å². The minimum absolute atomic E-state index is 0.163. The van der Waals surface area contributed by atoms with Gasteiger partial charge < -0.3 is 24.8 Å². The van der Waals surface area contributed by atoms with Gasteiger partial charge in [-0.25, -0.2) is 9.59 Å². The largest absolute Gasteiger partial charge is 0.480 e. The monoisotopic (exact) mass is 296 g/mol. The number of carbonyl (C=O) groups is 2. The molecule has 1 unspecified atom stereocenters. The average molecular weight is 296 g/mol. The number of nitrogens with one attached hydrogen (secondary N) is 1. The topological polar surface area (TPSA) is 88.1 Å². The number of hydrogen-bond acceptors (Lipinski definition) is 5. The van der Waals surface area contributed by atoms with E-state index < -0.39 is 18.0 Å². The summed E-state index contributed by atoms with van der Waals surface area (Å²) in [5, 5.41) is 11.7. The molecule has 1 atom stereocenters. The zero-order valence-electron chi connectivity index (χ0n) is 10.4. The quantitative estimate of drug-likeness (QED) is 0.858. The summed E-state index contributed by atoms with van der Waals surface area (Å²) < 4.78 is 10.4. The fourth-order valence-corrected chi connectivity index (χ4v) is 3.16. The highest BCUT2D eigenvalue weighted by Crippen LogP contribution is 2.34. The van der Waals surface area contributed by atoms with Crippen LogP contribution >= 0.6 is 11.8 Å². The Morgan fingerprint density at radius 1 is 1.35 bits per heavy atom. The average Bonchev–Trinajstić information content (AvgIpc) is 3.06. The van der Waals surface area contributed by atoms with Gasteiger partial charge in [-0.1, -0.05) is 0 Å². The van der Waals surface area contributed by atoms with Gasteiger partial charge in [0.05, 0.1) is 5.88 Å². The van der Waals surface area contributed by atoms with Crippen molar-refractivity contribution in [3.8, 4) is 11.5 Å². The molecule has 0 aliphatic carbocycles. The number of rotatable bonds is 2. The summed E-state index contributed by atoms with van der Waals surface area (Å²) in [7, 11) is 0. The molecule has 1 saturated heterocycles. The number of anilines is 1.